The van der Waals surface area contributed by atoms with Gasteiger partial charge in [-0.25, -0.2) is 0 Å². The monoisotopic (exact) mass is 530 g/mol. The molecule has 184 valence electrons. The van der Waals surface area contributed by atoms with E-state index < -0.39 is 5.60 Å². The molecule has 0 saturated carbocycles. The Labute approximate surface area is 221 Å². The average molecular weight is 531 g/mol. The highest BCUT2D eigenvalue weighted by Crippen LogP contribution is 2.32. The minimum absolute atomic E-state index is 0.0544. The van der Waals surface area contributed by atoms with Crippen LogP contribution in [0.5, 0.6) is 0 Å². The lowest BCUT2D eigenvalue weighted by atomic mass is 9.86. The van der Waals surface area contributed by atoms with Crippen LogP contribution in [0.25, 0.3) is 22.3 Å². The normalized spacial score (nSPS) is 12.8. The SMILES string of the molecule is COC(C)(C(=O)c1cccc(-c2ccc(-c3ccc(CP)c(CP)c3)cc2)c1)c1ccc(CP)cc1. The molecule has 2 nitrogen and oxygen atoms in total. The topological polar surface area (TPSA) is 26.3 Å². The molecule has 0 radical (unpaired) electrons. The van der Waals surface area contributed by atoms with Gasteiger partial charge in [0, 0.05) is 12.7 Å². The fourth-order valence-corrected chi connectivity index (χ4v) is 5.52. The zero-order valence-electron chi connectivity index (χ0n) is 20.8. The van der Waals surface area contributed by atoms with Gasteiger partial charge in [-0.05, 0) is 76.0 Å². The molecule has 4 atom stereocenters. The van der Waals surface area contributed by atoms with Gasteiger partial charge in [-0.3, -0.25) is 4.79 Å². The van der Waals surface area contributed by atoms with Crippen molar-refractivity contribution in [3.8, 4) is 22.3 Å². The van der Waals surface area contributed by atoms with Crippen LogP contribution in [0, 0.1) is 0 Å². The van der Waals surface area contributed by atoms with Crippen LogP contribution < -0.4 is 0 Å². The number of benzene rings is 4. The van der Waals surface area contributed by atoms with E-state index >= 15 is 0 Å². The first-order valence-electron chi connectivity index (χ1n) is 12.1. The van der Waals surface area contributed by atoms with Crippen molar-refractivity contribution in [3.63, 3.8) is 0 Å². The average Bonchev–Trinajstić information content (AvgIpc) is 2.96. The fraction of sp³-hybridized carbons (Fsp3) is 0.194. The van der Waals surface area contributed by atoms with Gasteiger partial charge in [-0.2, -0.15) is 0 Å². The molecule has 0 heterocycles. The lowest BCUT2D eigenvalue weighted by molar-refractivity contribution is 0.0101. The summed E-state index contributed by atoms with van der Waals surface area (Å²) in [5.41, 5.74) is 8.82. The molecule has 4 aromatic carbocycles. The molecular formula is C31H33O2P3. The van der Waals surface area contributed by atoms with Gasteiger partial charge in [0.1, 0.15) is 0 Å². The summed E-state index contributed by atoms with van der Waals surface area (Å²) in [5.74, 6) is -0.0544. The third-order valence-electron chi connectivity index (χ3n) is 6.90. The van der Waals surface area contributed by atoms with Gasteiger partial charge in [0.05, 0.1) is 0 Å². The van der Waals surface area contributed by atoms with Gasteiger partial charge >= 0.3 is 0 Å². The molecule has 36 heavy (non-hydrogen) atoms. The zero-order valence-corrected chi connectivity index (χ0v) is 24.3. The molecule has 0 aromatic heterocycles. The quantitative estimate of drug-likeness (QED) is 0.163. The van der Waals surface area contributed by atoms with E-state index in [1.165, 1.54) is 27.8 Å². The Morgan fingerprint density at radius 2 is 1.28 bits per heavy atom. The maximum atomic E-state index is 13.7. The molecule has 4 aromatic rings. The maximum absolute atomic E-state index is 13.7. The summed E-state index contributed by atoms with van der Waals surface area (Å²) in [4.78, 5) is 13.7. The second-order valence-corrected chi connectivity index (χ2v) is 10.2. The molecule has 5 heteroatoms. The van der Waals surface area contributed by atoms with Crippen LogP contribution in [-0.2, 0) is 28.8 Å². The third-order valence-corrected chi connectivity index (χ3v) is 8.26. The summed E-state index contributed by atoms with van der Waals surface area (Å²) in [6.45, 7) is 1.85. The molecular weight excluding hydrogens is 497 g/mol. The van der Waals surface area contributed by atoms with Gasteiger partial charge in [0.25, 0.3) is 0 Å². The summed E-state index contributed by atoms with van der Waals surface area (Å²) in [6.07, 6.45) is 2.78. The number of hydrogen-bond donors (Lipinski definition) is 0. The molecule has 0 aliphatic carbocycles. The summed E-state index contributed by atoms with van der Waals surface area (Å²) in [6, 6.07) is 31.1. The predicted molar refractivity (Wildman–Crippen MR) is 163 cm³/mol. The van der Waals surface area contributed by atoms with E-state index in [4.69, 9.17) is 4.74 Å². The molecule has 0 aliphatic heterocycles. The predicted octanol–water partition coefficient (Wildman–Crippen LogP) is 7.89. The molecule has 0 fully saturated rings. The number of carbonyl (C=O) groups is 1. The summed E-state index contributed by atoms with van der Waals surface area (Å²) < 4.78 is 5.80. The number of ether oxygens (including phenoxy) is 1. The standard InChI is InChI=1S/C31H33O2P3/c1-31(33-2,29-14-6-21(18-34)7-15-29)30(32)26-5-3-4-24(16-26)22-8-10-23(11-9-22)25-12-13-27(19-35)28(17-25)20-36/h3-17H,18-20,34-36H2,1-2H3. The summed E-state index contributed by atoms with van der Waals surface area (Å²) >= 11 is 0. The fourth-order valence-electron chi connectivity index (χ4n) is 4.47. The molecule has 0 aliphatic rings. The third kappa shape index (κ3) is 5.54. The molecule has 0 bridgehead atoms. The Morgan fingerprint density at radius 1 is 0.694 bits per heavy atom. The van der Waals surface area contributed by atoms with Crippen LogP contribution in [0.15, 0.2) is 91.0 Å². The molecule has 0 spiro atoms. The van der Waals surface area contributed by atoms with Crippen LogP contribution in [0.1, 0.15) is 39.5 Å². The highest BCUT2D eigenvalue weighted by atomic mass is 31.0. The molecule has 4 unspecified atom stereocenters. The van der Waals surface area contributed by atoms with Crippen molar-refractivity contribution in [1.82, 2.24) is 0 Å². The Morgan fingerprint density at radius 3 is 1.83 bits per heavy atom. The van der Waals surface area contributed by atoms with Crippen LogP contribution in [0.3, 0.4) is 0 Å². The molecule has 0 saturated heterocycles. The Balaban J connectivity index is 1.61. The van der Waals surface area contributed by atoms with Crippen LogP contribution in [0.4, 0.5) is 0 Å². The van der Waals surface area contributed by atoms with Crippen molar-refractivity contribution in [1.29, 1.82) is 0 Å². The van der Waals surface area contributed by atoms with E-state index in [1.807, 2.05) is 55.5 Å². The van der Waals surface area contributed by atoms with Crippen molar-refractivity contribution in [2.45, 2.75) is 31.0 Å². The minimum atomic E-state index is -1.06. The van der Waals surface area contributed by atoms with Crippen LogP contribution in [0.2, 0.25) is 0 Å². The van der Waals surface area contributed by atoms with Gasteiger partial charge in [0.2, 0.25) is 0 Å². The highest BCUT2D eigenvalue weighted by molar-refractivity contribution is 7.16. The lowest BCUT2D eigenvalue weighted by Crippen LogP contribution is -2.34. The van der Waals surface area contributed by atoms with E-state index in [9.17, 15) is 4.79 Å². The Kier molecular flexibility index (Phi) is 8.87. The van der Waals surface area contributed by atoms with E-state index in [1.54, 1.807) is 7.11 Å². The first kappa shape index (κ1) is 26.9. The second kappa shape index (κ2) is 11.9. The first-order valence-corrected chi connectivity index (χ1v) is 14.5. The van der Waals surface area contributed by atoms with Gasteiger partial charge in [0.15, 0.2) is 11.4 Å². The van der Waals surface area contributed by atoms with Crippen molar-refractivity contribution in [2.24, 2.45) is 0 Å². The number of ketones is 1. The number of methoxy groups -OCH3 is 1. The van der Waals surface area contributed by atoms with Gasteiger partial charge < -0.3 is 4.74 Å². The lowest BCUT2D eigenvalue weighted by Gasteiger charge is -2.27. The van der Waals surface area contributed by atoms with Gasteiger partial charge in [-0.15, -0.1) is 27.7 Å². The highest BCUT2D eigenvalue weighted by Gasteiger charge is 2.36. The minimum Gasteiger partial charge on any atom is -0.366 e. The largest absolute Gasteiger partial charge is 0.366 e. The van der Waals surface area contributed by atoms with E-state index in [0.29, 0.717) is 5.56 Å². The van der Waals surface area contributed by atoms with Crippen molar-refractivity contribution < 1.29 is 9.53 Å². The Bertz CT molecular complexity index is 1350. The number of Topliss-reactive ketones (excluding diaryl/α,β-unsaturated/α-hetero) is 1. The van der Waals surface area contributed by atoms with E-state index in [0.717, 1.165) is 35.2 Å². The van der Waals surface area contributed by atoms with Crippen molar-refractivity contribution in [3.05, 3.63) is 119 Å². The van der Waals surface area contributed by atoms with Crippen molar-refractivity contribution in [2.75, 3.05) is 7.11 Å². The number of rotatable bonds is 9. The van der Waals surface area contributed by atoms with Crippen molar-refractivity contribution >= 4 is 33.5 Å². The maximum Gasteiger partial charge on any atom is 0.198 e. The second-order valence-electron chi connectivity index (χ2n) is 9.02. The van der Waals surface area contributed by atoms with Gasteiger partial charge in [-0.1, -0.05) is 84.9 Å². The molecule has 0 amide bonds. The smallest absolute Gasteiger partial charge is 0.198 e. The summed E-state index contributed by atoms with van der Waals surface area (Å²) in [5, 5.41) is 0. The van der Waals surface area contributed by atoms with Crippen LogP contribution >= 0.6 is 27.7 Å². The Hall–Kier alpha value is -2.20. The molecule has 4 rings (SSSR count). The first-order chi connectivity index (χ1) is 17.4. The number of hydrogen-bond acceptors (Lipinski definition) is 2. The summed E-state index contributed by atoms with van der Waals surface area (Å²) in [7, 11) is 9.96. The van der Waals surface area contributed by atoms with Crippen LogP contribution in [-0.4, -0.2) is 12.9 Å². The zero-order chi connectivity index (χ0) is 25.7. The number of carbonyl (C=O) groups excluding carboxylic acids is 1. The van der Waals surface area contributed by atoms with E-state index in [2.05, 4.69) is 70.2 Å². The van der Waals surface area contributed by atoms with E-state index in [-0.39, 0.29) is 5.78 Å². The molecule has 0 N–H and O–H groups in total.